The van der Waals surface area contributed by atoms with Crippen LogP contribution in [0.3, 0.4) is 0 Å². The third-order valence-corrected chi connectivity index (χ3v) is 6.04. The first-order valence-corrected chi connectivity index (χ1v) is 9.67. The van der Waals surface area contributed by atoms with Crippen molar-refractivity contribution in [3.05, 3.63) is 24.3 Å². The molecule has 20 heavy (non-hydrogen) atoms. The number of hydrogen-bond donors (Lipinski definition) is 2. The van der Waals surface area contributed by atoms with Crippen molar-refractivity contribution in [2.45, 2.75) is 24.7 Å². The van der Waals surface area contributed by atoms with E-state index >= 15 is 0 Å². The first-order valence-electron chi connectivity index (χ1n) is 7.04. The number of sulfonamides is 1. The minimum atomic E-state index is -3.43. The van der Waals surface area contributed by atoms with Gasteiger partial charge >= 0.3 is 0 Å². The molecule has 0 aromatic heterocycles. The predicted octanol–water partition coefficient (Wildman–Crippen LogP) is 2.54. The van der Waals surface area contributed by atoms with Crippen molar-refractivity contribution in [1.82, 2.24) is 4.72 Å². The normalized spacial score (nSPS) is 19.1. The lowest BCUT2D eigenvalue weighted by atomic mass is 10.1. The molecule has 6 heteroatoms. The monoisotopic (exact) mass is 314 g/mol. The largest absolute Gasteiger partial charge is 0.384 e. The van der Waals surface area contributed by atoms with Crippen molar-refractivity contribution < 1.29 is 8.42 Å². The van der Waals surface area contributed by atoms with Crippen LogP contribution in [0.25, 0.3) is 0 Å². The minimum absolute atomic E-state index is 0.346. The summed E-state index contributed by atoms with van der Waals surface area (Å²) in [6.07, 6.45) is 2.06. The summed E-state index contributed by atoms with van der Waals surface area (Å²) in [4.78, 5) is 0.346. The van der Waals surface area contributed by atoms with Gasteiger partial charge in [0.15, 0.2) is 0 Å². The standard InChI is InChI=1S/C14H22N2O2S2/c1-2-8-15-13-5-3-4-6-14(13)20(17,18)16-10-12-7-9-19-11-12/h3-6,12,15-16H,2,7-11H2,1H3. The second kappa shape index (κ2) is 7.33. The molecule has 112 valence electrons. The zero-order valence-electron chi connectivity index (χ0n) is 11.8. The smallest absolute Gasteiger partial charge is 0.242 e. The highest BCUT2D eigenvalue weighted by atomic mass is 32.2. The summed E-state index contributed by atoms with van der Waals surface area (Å²) in [6.45, 7) is 3.36. The van der Waals surface area contributed by atoms with Gasteiger partial charge in [-0.2, -0.15) is 11.8 Å². The molecule has 0 spiro atoms. The van der Waals surface area contributed by atoms with Gasteiger partial charge in [-0.3, -0.25) is 0 Å². The molecule has 1 saturated heterocycles. The quantitative estimate of drug-likeness (QED) is 0.812. The van der Waals surface area contributed by atoms with Crippen molar-refractivity contribution in [2.75, 3.05) is 29.9 Å². The van der Waals surface area contributed by atoms with E-state index in [1.807, 2.05) is 23.9 Å². The fourth-order valence-corrected chi connectivity index (χ4v) is 4.74. The molecule has 0 radical (unpaired) electrons. The van der Waals surface area contributed by atoms with Crippen molar-refractivity contribution >= 4 is 27.5 Å². The number of thioether (sulfide) groups is 1. The first kappa shape index (κ1) is 15.7. The van der Waals surface area contributed by atoms with Crippen molar-refractivity contribution in [2.24, 2.45) is 5.92 Å². The summed E-state index contributed by atoms with van der Waals surface area (Å²) in [7, 11) is -3.43. The summed E-state index contributed by atoms with van der Waals surface area (Å²) in [5.41, 5.74) is 0.683. The van der Waals surface area contributed by atoms with Crippen LogP contribution >= 0.6 is 11.8 Å². The van der Waals surface area contributed by atoms with Crippen LogP contribution in [0.2, 0.25) is 0 Å². The summed E-state index contributed by atoms with van der Waals surface area (Å²) >= 11 is 1.90. The molecule has 4 nitrogen and oxygen atoms in total. The third kappa shape index (κ3) is 4.14. The van der Waals surface area contributed by atoms with Gasteiger partial charge in [0.1, 0.15) is 4.90 Å². The highest BCUT2D eigenvalue weighted by Gasteiger charge is 2.21. The summed E-state index contributed by atoms with van der Waals surface area (Å²) in [5, 5.41) is 3.17. The lowest BCUT2D eigenvalue weighted by molar-refractivity contribution is 0.546. The van der Waals surface area contributed by atoms with E-state index in [-0.39, 0.29) is 0 Å². The van der Waals surface area contributed by atoms with E-state index in [4.69, 9.17) is 0 Å². The van der Waals surface area contributed by atoms with Crippen LogP contribution in [0.4, 0.5) is 5.69 Å². The van der Waals surface area contributed by atoms with Gasteiger partial charge in [0, 0.05) is 13.1 Å². The van der Waals surface area contributed by atoms with Gasteiger partial charge in [-0.05, 0) is 42.4 Å². The Balaban J connectivity index is 2.07. The van der Waals surface area contributed by atoms with E-state index < -0.39 is 10.0 Å². The van der Waals surface area contributed by atoms with Gasteiger partial charge in [-0.15, -0.1) is 0 Å². The maximum absolute atomic E-state index is 12.4. The Kier molecular flexibility index (Phi) is 5.74. The van der Waals surface area contributed by atoms with E-state index in [2.05, 4.69) is 17.0 Å². The minimum Gasteiger partial charge on any atom is -0.384 e. The second-order valence-corrected chi connectivity index (χ2v) is 7.89. The van der Waals surface area contributed by atoms with Crippen LogP contribution in [0.15, 0.2) is 29.2 Å². The van der Waals surface area contributed by atoms with Crippen LogP contribution in [0, 0.1) is 5.92 Å². The highest BCUT2D eigenvalue weighted by molar-refractivity contribution is 7.99. The molecule has 1 aliphatic heterocycles. The van der Waals surface area contributed by atoms with Crippen LogP contribution in [0.5, 0.6) is 0 Å². The average molecular weight is 314 g/mol. The molecule has 0 bridgehead atoms. The summed E-state index contributed by atoms with van der Waals surface area (Å²) < 4.78 is 27.6. The van der Waals surface area contributed by atoms with Crippen molar-refractivity contribution in [3.63, 3.8) is 0 Å². The van der Waals surface area contributed by atoms with Crippen LogP contribution in [0.1, 0.15) is 19.8 Å². The van der Waals surface area contributed by atoms with Gasteiger partial charge < -0.3 is 5.32 Å². The van der Waals surface area contributed by atoms with Crippen molar-refractivity contribution in [1.29, 1.82) is 0 Å². The zero-order valence-corrected chi connectivity index (χ0v) is 13.4. The van der Waals surface area contributed by atoms with E-state index in [0.29, 0.717) is 23.0 Å². The van der Waals surface area contributed by atoms with Gasteiger partial charge in [0.05, 0.1) is 5.69 Å². The van der Waals surface area contributed by atoms with E-state index in [1.54, 1.807) is 12.1 Å². The Hall–Kier alpha value is -0.720. The van der Waals surface area contributed by atoms with E-state index in [0.717, 1.165) is 30.9 Å². The topological polar surface area (TPSA) is 58.2 Å². The van der Waals surface area contributed by atoms with E-state index in [1.165, 1.54) is 0 Å². The summed E-state index contributed by atoms with van der Waals surface area (Å²) in [6, 6.07) is 7.08. The van der Waals surface area contributed by atoms with Gasteiger partial charge in [-0.1, -0.05) is 19.1 Å². The molecule has 0 amide bonds. The van der Waals surface area contributed by atoms with E-state index in [9.17, 15) is 8.42 Å². The molecular formula is C14H22N2O2S2. The first-order chi connectivity index (χ1) is 9.63. The second-order valence-electron chi connectivity index (χ2n) is 5.00. The molecule has 0 aliphatic carbocycles. The number of rotatable bonds is 7. The molecule has 1 aromatic rings. The average Bonchev–Trinajstić information content (AvgIpc) is 2.97. The lowest BCUT2D eigenvalue weighted by Gasteiger charge is -2.14. The maximum atomic E-state index is 12.4. The molecule has 2 N–H and O–H groups in total. The third-order valence-electron chi connectivity index (χ3n) is 3.33. The molecule has 1 aliphatic rings. The molecule has 1 aromatic carbocycles. The Morgan fingerprint density at radius 3 is 2.85 bits per heavy atom. The van der Waals surface area contributed by atoms with Gasteiger partial charge in [-0.25, -0.2) is 13.1 Å². The van der Waals surface area contributed by atoms with Gasteiger partial charge in [0.25, 0.3) is 0 Å². The number of nitrogens with one attached hydrogen (secondary N) is 2. The Morgan fingerprint density at radius 1 is 1.35 bits per heavy atom. The predicted molar refractivity (Wildman–Crippen MR) is 85.8 cm³/mol. The maximum Gasteiger partial charge on any atom is 0.242 e. The number of para-hydroxylation sites is 1. The number of benzene rings is 1. The fraction of sp³-hybridized carbons (Fsp3) is 0.571. The molecule has 2 rings (SSSR count). The number of hydrogen-bond acceptors (Lipinski definition) is 4. The fourth-order valence-electron chi connectivity index (χ4n) is 2.16. The molecule has 1 heterocycles. The molecule has 1 unspecified atom stereocenters. The van der Waals surface area contributed by atoms with Crippen molar-refractivity contribution in [3.8, 4) is 0 Å². The zero-order chi connectivity index (χ0) is 14.4. The van der Waals surface area contributed by atoms with Crippen LogP contribution in [-0.4, -0.2) is 33.0 Å². The Bertz CT molecular complexity index is 526. The molecule has 1 fully saturated rings. The van der Waals surface area contributed by atoms with Gasteiger partial charge in [0.2, 0.25) is 10.0 Å². The molecule has 1 atom stereocenters. The molecule has 0 saturated carbocycles. The molecular weight excluding hydrogens is 292 g/mol. The Labute approximate surface area is 125 Å². The lowest BCUT2D eigenvalue weighted by Crippen LogP contribution is -2.30. The SMILES string of the molecule is CCCNc1ccccc1S(=O)(=O)NCC1CCSC1. The highest BCUT2D eigenvalue weighted by Crippen LogP contribution is 2.24. The Morgan fingerprint density at radius 2 is 2.15 bits per heavy atom. The number of anilines is 1. The summed E-state index contributed by atoms with van der Waals surface area (Å²) in [5.74, 6) is 2.66. The van der Waals surface area contributed by atoms with Crippen LogP contribution in [-0.2, 0) is 10.0 Å². The van der Waals surface area contributed by atoms with Crippen LogP contribution < -0.4 is 10.0 Å².